The van der Waals surface area contributed by atoms with Crippen LogP contribution in [-0.2, 0) is 5.60 Å². The molecule has 1 nitrogen and oxygen atoms in total. The summed E-state index contributed by atoms with van der Waals surface area (Å²) in [5.41, 5.74) is -0.893. The lowest BCUT2D eigenvalue weighted by Gasteiger charge is -2.21. The molecule has 0 fully saturated rings. The van der Waals surface area contributed by atoms with Crippen LogP contribution in [0.25, 0.3) is 0 Å². The summed E-state index contributed by atoms with van der Waals surface area (Å²) in [6.45, 7) is 3.28. The van der Waals surface area contributed by atoms with Gasteiger partial charge in [0.1, 0.15) is 11.6 Å². The first kappa shape index (κ1) is 10.1. The molecule has 0 amide bonds. The van der Waals surface area contributed by atoms with Crippen LogP contribution in [0.3, 0.4) is 0 Å². The van der Waals surface area contributed by atoms with Crippen molar-refractivity contribution in [3.63, 3.8) is 0 Å². The molecule has 72 valence electrons. The Morgan fingerprint density at radius 3 is 2.08 bits per heavy atom. The van der Waals surface area contributed by atoms with E-state index in [1.54, 1.807) is 6.92 Å². The zero-order chi connectivity index (χ0) is 10.1. The number of hydrogen-bond donors (Lipinski definition) is 1. The van der Waals surface area contributed by atoms with Crippen molar-refractivity contribution < 1.29 is 13.9 Å². The summed E-state index contributed by atoms with van der Waals surface area (Å²) in [4.78, 5) is 0. The molecular formula is C10H12F2O. The minimum absolute atomic E-state index is 0.271. The van der Waals surface area contributed by atoms with Crippen LogP contribution in [0, 0.1) is 11.6 Å². The highest BCUT2D eigenvalue weighted by Gasteiger charge is 2.21. The predicted molar refractivity (Wildman–Crippen MR) is 46.2 cm³/mol. The molecule has 13 heavy (non-hydrogen) atoms. The highest BCUT2D eigenvalue weighted by Crippen LogP contribution is 2.25. The summed E-state index contributed by atoms with van der Waals surface area (Å²) in [6.07, 6.45) is 0.413. The molecule has 1 N–H and O–H groups in total. The third kappa shape index (κ3) is 2.25. The molecule has 1 aromatic rings. The van der Waals surface area contributed by atoms with Gasteiger partial charge in [0.2, 0.25) is 0 Å². The van der Waals surface area contributed by atoms with Gasteiger partial charge in [-0.3, -0.25) is 0 Å². The van der Waals surface area contributed by atoms with Crippen molar-refractivity contribution in [1.82, 2.24) is 0 Å². The minimum atomic E-state index is -1.16. The van der Waals surface area contributed by atoms with Gasteiger partial charge in [-0.1, -0.05) is 6.92 Å². The van der Waals surface area contributed by atoms with E-state index in [1.165, 1.54) is 6.92 Å². The average Bonchev–Trinajstić information content (AvgIpc) is 2.02. The fraction of sp³-hybridized carbons (Fsp3) is 0.400. The van der Waals surface area contributed by atoms with Crippen molar-refractivity contribution in [2.75, 3.05) is 0 Å². The summed E-state index contributed by atoms with van der Waals surface area (Å²) in [7, 11) is 0. The smallest absolute Gasteiger partial charge is 0.126 e. The highest BCUT2D eigenvalue weighted by molar-refractivity contribution is 5.23. The Labute approximate surface area is 76.0 Å². The number of hydrogen-bond acceptors (Lipinski definition) is 1. The molecule has 1 aromatic carbocycles. The van der Waals surface area contributed by atoms with Crippen LogP contribution >= 0.6 is 0 Å². The maximum atomic E-state index is 12.7. The van der Waals surface area contributed by atoms with E-state index in [1.807, 2.05) is 0 Å². The summed E-state index contributed by atoms with van der Waals surface area (Å²) >= 11 is 0. The molecule has 0 radical (unpaired) electrons. The maximum absolute atomic E-state index is 12.7. The molecule has 1 atom stereocenters. The van der Waals surface area contributed by atoms with Crippen LogP contribution in [0.5, 0.6) is 0 Å². The van der Waals surface area contributed by atoms with Crippen molar-refractivity contribution in [3.05, 3.63) is 35.4 Å². The van der Waals surface area contributed by atoms with Gasteiger partial charge >= 0.3 is 0 Å². The monoisotopic (exact) mass is 186 g/mol. The van der Waals surface area contributed by atoms with E-state index in [2.05, 4.69) is 0 Å². The van der Waals surface area contributed by atoms with Gasteiger partial charge in [0.25, 0.3) is 0 Å². The van der Waals surface area contributed by atoms with E-state index in [9.17, 15) is 13.9 Å². The second-order valence-corrected chi connectivity index (χ2v) is 3.29. The maximum Gasteiger partial charge on any atom is 0.126 e. The topological polar surface area (TPSA) is 20.2 Å². The number of aliphatic hydroxyl groups is 1. The second-order valence-electron chi connectivity index (χ2n) is 3.29. The average molecular weight is 186 g/mol. The standard InChI is InChI=1S/C10H12F2O/c1-3-10(2,13)7-4-8(11)6-9(12)5-7/h4-6,13H,3H2,1-2H3/t10-/m1/s1. The molecule has 0 aliphatic carbocycles. The van der Waals surface area contributed by atoms with E-state index >= 15 is 0 Å². The van der Waals surface area contributed by atoms with Crippen LogP contribution in [0.15, 0.2) is 18.2 Å². The Morgan fingerprint density at radius 2 is 1.69 bits per heavy atom. The molecule has 0 heterocycles. The van der Waals surface area contributed by atoms with Gasteiger partial charge in [0, 0.05) is 6.07 Å². The Kier molecular flexibility index (Phi) is 2.66. The number of rotatable bonds is 2. The lowest BCUT2D eigenvalue weighted by molar-refractivity contribution is 0.0524. The molecule has 0 unspecified atom stereocenters. The van der Waals surface area contributed by atoms with Crippen molar-refractivity contribution in [1.29, 1.82) is 0 Å². The second kappa shape index (κ2) is 3.42. The zero-order valence-corrected chi connectivity index (χ0v) is 7.64. The third-order valence-corrected chi connectivity index (χ3v) is 2.17. The van der Waals surface area contributed by atoms with Crippen LogP contribution in [-0.4, -0.2) is 5.11 Å². The van der Waals surface area contributed by atoms with Crippen molar-refractivity contribution in [2.45, 2.75) is 25.9 Å². The van der Waals surface area contributed by atoms with Gasteiger partial charge in [-0.05, 0) is 31.0 Å². The van der Waals surface area contributed by atoms with E-state index < -0.39 is 17.2 Å². The van der Waals surface area contributed by atoms with E-state index in [4.69, 9.17) is 0 Å². The highest BCUT2D eigenvalue weighted by atomic mass is 19.1. The van der Waals surface area contributed by atoms with Gasteiger partial charge in [0.05, 0.1) is 5.60 Å². The van der Waals surface area contributed by atoms with Gasteiger partial charge in [-0.2, -0.15) is 0 Å². The van der Waals surface area contributed by atoms with Crippen molar-refractivity contribution >= 4 is 0 Å². The summed E-state index contributed by atoms with van der Waals surface area (Å²) < 4.78 is 25.5. The Morgan fingerprint density at radius 1 is 1.23 bits per heavy atom. The largest absolute Gasteiger partial charge is 0.385 e. The Hall–Kier alpha value is -0.960. The SMILES string of the molecule is CC[C@@](C)(O)c1cc(F)cc(F)c1. The Balaban J connectivity index is 3.15. The molecule has 0 spiro atoms. The number of benzene rings is 1. The molecule has 0 aliphatic rings. The molecular weight excluding hydrogens is 174 g/mol. The molecule has 0 aliphatic heterocycles. The predicted octanol–water partition coefficient (Wildman–Crippen LogP) is 2.58. The fourth-order valence-electron chi connectivity index (χ4n) is 1.07. The van der Waals surface area contributed by atoms with Crippen molar-refractivity contribution in [2.24, 2.45) is 0 Å². The van der Waals surface area contributed by atoms with Gasteiger partial charge in [0.15, 0.2) is 0 Å². The van der Waals surface area contributed by atoms with Crippen LogP contribution in [0.4, 0.5) is 8.78 Å². The lowest BCUT2D eigenvalue weighted by Crippen LogP contribution is -2.19. The molecule has 0 saturated heterocycles. The fourth-order valence-corrected chi connectivity index (χ4v) is 1.07. The normalized spacial score (nSPS) is 15.5. The Bertz CT molecular complexity index is 288. The molecule has 3 heteroatoms. The third-order valence-electron chi connectivity index (χ3n) is 2.17. The molecule has 0 aromatic heterocycles. The van der Waals surface area contributed by atoms with Gasteiger partial charge in [-0.25, -0.2) is 8.78 Å². The van der Waals surface area contributed by atoms with Crippen LogP contribution in [0.2, 0.25) is 0 Å². The van der Waals surface area contributed by atoms with Crippen LogP contribution in [0.1, 0.15) is 25.8 Å². The minimum Gasteiger partial charge on any atom is -0.385 e. The van der Waals surface area contributed by atoms with Gasteiger partial charge in [-0.15, -0.1) is 0 Å². The van der Waals surface area contributed by atoms with Crippen LogP contribution < -0.4 is 0 Å². The first-order chi connectivity index (χ1) is 5.95. The van der Waals surface area contributed by atoms with Crippen molar-refractivity contribution in [3.8, 4) is 0 Å². The molecule has 1 rings (SSSR count). The first-order valence-corrected chi connectivity index (χ1v) is 4.14. The van der Waals surface area contributed by atoms with E-state index in [0.717, 1.165) is 18.2 Å². The van der Waals surface area contributed by atoms with Gasteiger partial charge < -0.3 is 5.11 Å². The van der Waals surface area contributed by atoms with E-state index in [-0.39, 0.29) is 5.56 Å². The molecule has 0 saturated carbocycles. The summed E-state index contributed by atoms with van der Waals surface area (Å²) in [5, 5.41) is 9.71. The number of halogens is 2. The lowest BCUT2D eigenvalue weighted by atomic mass is 9.93. The first-order valence-electron chi connectivity index (χ1n) is 4.14. The summed E-state index contributed by atoms with van der Waals surface area (Å²) in [5.74, 6) is -1.33. The summed E-state index contributed by atoms with van der Waals surface area (Å²) in [6, 6.07) is 3.08. The quantitative estimate of drug-likeness (QED) is 0.752. The molecule has 0 bridgehead atoms. The zero-order valence-electron chi connectivity index (χ0n) is 7.64. The van der Waals surface area contributed by atoms with E-state index in [0.29, 0.717) is 6.42 Å².